The monoisotopic (exact) mass is 470 g/mol. The number of hydrogen-bond acceptors (Lipinski definition) is 7. The molecule has 176 valence electrons. The van der Waals surface area contributed by atoms with Gasteiger partial charge in [-0.3, -0.25) is 19.7 Å². The second-order valence-electron chi connectivity index (χ2n) is 8.55. The molecule has 2 aromatic heterocycles. The average molecular weight is 470 g/mol. The topological polar surface area (TPSA) is 127 Å². The Morgan fingerprint density at radius 1 is 1.17 bits per heavy atom. The molecule has 2 atom stereocenters. The van der Waals surface area contributed by atoms with Crippen molar-refractivity contribution >= 4 is 23.2 Å². The van der Waals surface area contributed by atoms with E-state index >= 15 is 0 Å². The van der Waals surface area contributed by atoms with Crippen molar-refractivity contribution in [3.63, 3.8) is 0 Å². The number of Topliss-reactive ketones (excluding diaryl/α,β-unsaturated/α-hetero) is 1. The van der Waals surface area contributed by atoms with Gasteiger partial charge >= 0.3 is 0 Å². The zero-order chi connectivity index (χ0) is 24.5. The van der Waals surface area contributed by atoms with Crippen molar-refractivity contribution in [1.82, 2.24) is 10.3 Å². The van der Waals surface area contributed by atoms with E-state index in [1.807, 2.05) is 6.07 Å². The maximum atomic E-state index is 13.5. The standard InChI is InChI=1S/C26H22N4O5/c1-15-23(26(32)29-22-9-2-3-10-27-22)24(16-6-4-7-18(12-16)30(33)34)25-19(28-15)13-17(14-20(25)31)21-8-5-11-35-21/h2-12,17,24,28H,13-14H2,1H3,(H,27,29,32). The molecule has 3 heterocycles. The minimum absolute atomic E-state index is 0.109. The van der Waals surface area contributed by atoms with Crippen LogP contribution >= 0.6 is 0 Å². The molecule has 1 amide bonds. The summed E-state index contributed by atoms with van der Waals surface area (Å²) in [5.41, 5.74) is 2.43. The Morgan fingerprint density at radius 2 is 2.03 bits per heavy atom. The molecule has 0 saturated carbocycles. The lowest BCUT2D eigenvalue weighted by molar-refractivity contribution is -0.384. The highest BCUT2D eigenvalue weighted by atomic mass is 16.6. The second kappa shape index (κ2) is 9.02. The van der Waals surface area contributed by atoms with E-state index in [2.05, 4.69) is 15.6 Å². The molecular weight excluding hydrogens is 448 g/mol. The number of carbonyl (C=O) groups is 2. The van der Waals surface area contributed by atoms with Crippen molar-refractivity contribution < 1.29 is 18.9 Å². The number of rotatable bonds is 5. The number of anilines is 1. The molecule has 0 bridgehead atoms. The van der Waals surface area contributed by atoms with Crippen molar-refractivity contribution in [3.8, 4) is 0 Å². The molecule has 9 heteroatoms. The number of pyridine rings is 1. The number of furan rings is 1. The Bertz CT molecular complexity index is 1380. The summed E-state index contributed by atoms with van der Waals surface area (Å²) in [6.07, 6.45) is 3.88. The lowest BCUT2D eigenvalue weighted by Crippen LogP contribution is -2.37. The number of non-ortho nitro benzene ring substituents is 1. The van der Waals surface area contributed by atoms with E-state index in [1.54, 1.807) is 55.8 Å². The fourth-order valence-corrected chi connectivity index (χ4v) is 4.84. The van der Waals surface area contributed by atoms with E-state index in [-0.39, 0.29) is 23.8 Å². The van der Waals surface area contributed by atoms with Crippen LogP contribution < -0.4 is 10.6 Å². The summed E-state index contributed by atoms with van der Waals surface area (Å²) in [5.74, 6) is -0.377. The van der Waals surface area contributed by atoms with E-state index in [4.69, 9.17) is 4.42 Å². The van der Waals surface area contributed by atoms with E-state index in [0.29, 0.717) is 40.3 Å². The van der Waals surface area contributed by atoms with Gasteiger partial charge in [0.25, 0.3) is 11.6 Å². The van der Waals surface area contributed by atoms with Gasteiger partial charge < -0.3 is 15.1 Å². The van der Waals surface area contributed by atoms with Crippen LogP contribution in [0, 0.1) is 10.1 Å². The van der Waals surface area contributed by atoms with Gasteiger partial charge in [-0.05, 0) is 43.2 Å². The predicted molar refractivity (Wildman–Crippen MR) is 127 cm³/mol. The summed E-state index contributed by atoms with van der Waals surface area (Å²) in [4.78, 5) is 42.2. The predicted octanol–water partition coefficient (Wildman–Crippen LogP) is 4.58. The van der Waals surface area contributed by atoms with Crippen LogP contribution in [0.3, 0.4) is 0 Å². The van der Waals surface area contributed by atoms with Crippen molar-refractivity contribution in [1.29, 1.82) is 0 Å². The summed E-state index contributed by atoms with van der Waals surface area (Å²) in [6, 6.07) is 14.9. The zero-order valence-electron chi connectivity index (χ0n) is 18.9. The molecule has 0 saturated heterocycles. The number of dihydropyridines is 1. The number of allylic oxidation sites excluding steroid dienone is 3. The smallest absolute Gasteiger partial charge is 0.269 e. The molecule has 0 radical (unpaired) electrons. The van der Waals surface area contributed by atoms with Gasteiger partial charge in [0, 0.05) is 59.1 Å². The van der Waals surface area contributed by atoms with Crippen molar-refractivity contribution in [2.45, 2.75) is 31.6 Å². The third kappa shape index (κ3) is 4.23. The third-order valence-corrected chi connectivity index (χ3v) is 6.34. The quantitative estimate of drug-likeness (QED) is 0.413. The molecule has 2 unspecified atom stereocenters. The van der Waals surface area contributed by atoms with Crippen molar-refractivity contribution in [2.75, 3.05) is 5.32 Å². The molecule has 2 aliphatic rings. The van der Waals surface area contributed by atoms with Crippen molar-refractivity contribution in [3.05, 3.63) is 111 Å². The van der Waals surface area contributed by atoms with Crippen LogP contribution in [0.15, 0.2) is 94.0 Å². The van der Waals surface area contributed by atoms with Crippen LogP contribution in [0.4, 0.5) is 11.5 Å². The summed E-state index contributed by atoms with van der Waals surface area (Å²) >= 11 is 0. The third-order valence-electron chi connectivity index (χ3n) is 6.34. The number of benzene rings is 1. The largest absolute Gasteiger partial charge is 0.469 e. The van der Waals surface area contributed by atoms with Gasteiger partial charge in [-0.25, -0.2) is 4.98 Å². The first-order chi connectivity index (χ1) is 16.9. The molecule has 35 heavy (non-hydrogen) atoms. The van der Waals surface area contributed by atoms with E-state index in [1.165, 1.54) is 12.1 Å². The summed E-state index contributed by atoms with van der Waals surface area (Å²) in [7, 11) is 0. The molecule has 2 N–H and O–H groups in total. The van der Waals surface area contributed by atoms with Gasteiger partial charge in [-0.15, -0.1) is 0 Å². The molecule has 5 rings (SSSR count). The fourth-order valence-electron chi connectivity index (χ4n) is 4.84. The highest BCUT2D eigenvalue weighted by Crippen LogP contribution is 2.46. The lowest BCUT2D eigenvalue weighted by Gasteiger charge is -2.36. The van der Waals surface area contributed by atoms with Gasteiger partial charge in [0.15, 0.2) is 5.78 Å². The SMILES string of the molecule is CC1=C(C(=O)Nc2ccccn2)C(c2cccc([N+](=O)[O-])c2)C2=C(CC(c3ccco3)CC2=O)N1. The number of hydrogen-bond donors (Lipinski definition) is 2. The van der Waals surface area contributed by atoms with Crippen LogP contribution in [0.5, 0.6) is 0 Å². The van der Waals surface area contributed by atoms with Gasteiger partial charge in [-0.2, -0.15) is 0 Å². The highest BCUT2D eigenvalue weighted by molar-refractivity contribution is 6.09. The molecule has 1 aliphatic carbocycles. The molecule has 9 nitrogen and oxygen atoms in total. The van der Waals surface area contributed by atoms with Gasteiger partial charge in [0.05, 0.1) is 11.2 Å². The Morgan fingerprint density at radius 3 is 2.74 bits per heavy atom. The number of carbonyl (C=O) groups excluding carboxylic acids is 2. The second-order valence-corrected chi connectivity index (χ2v) is 8.55. The number of aromatic nitrogens is 1. The molecule has 1 aliphatic heterocycles. The number of ketones is 1. The highest BCUT2D eigenvalue weighted by Gasteiger charge is 2.41. The average Bonchev–Trinajstić information content (AvgIpc) is 3.39. The first-order valence-electron chi connectivity index (χ1n) is 11.2. The summed E-state index contributed by atoms with van der Waals surface area (Å²) in [6.45, 7) is 1.77. The summed E-state index contributed by atoms with van der Waals surface area (Å²) in [5, 5.41) is 17.5. The first-order valence-corrected chi connectivity index (χ1v) is 11.2. The Labute approximate surface area is 200 Å². The maximum absolute atomic E-state index is 13.5. The zero-order valence-corrected chi connectivity index (χ0v) is 18.9. The van der Waals surface area contributed by atoms with Crippen LogP contribution in [0.25, 0.3) is 0 Å². The number of nitro benzene ring substituents is 1. The van der Waals surface area contributed by atoms with E-state index in [0.717, 1.165) is 5.76 Å². The Balaban J connectivity index is 1.60. The van der Waals surface area contributed by atoms with Gasteiger partial charge in [0.1, 0.15) is 11.6 Å². The number of nitrogens with zero attached hydrogens (tertiary/aromatic N) is 2. The normalized spacial score (nSPS) is 19.7. The van der Waals surface area contributed by atoms with Gasteiger partial charge in [0.2, 0.25) is 0 Å². The molecule has 1 aromatic carbocycles. The van der Waals surface area contributed by atoms with E-state index < -0.39 is 16.7 Å². The Hall–Kier alpha value is -4.53. The van der Waals surface area contributed by atoms with Crippen molar-refractivity contribution in [2.24, 2.45) is 0 Å². The molecule has 3 aromatic rings. The number of nitrogens with one attached hydrogen (secondary N) is 2. The minimum Gasteiger partial charge on any atom is -0.469 e. The minimum atomic E-state index is -0.764. The molecular formula is C26H22N4O5. The number of amides is 1. The lowest BCUT2D eigenvalue weighted by atomic mass is 9.72. The molecule has 0 fully saturated rings. The van der Waals surface area contributed by atoms with Crippen LogP contribution in [-0.4, -0.2) is 21.6 Å². The molecule has 0 spiro atoms. The van der Waals surface area contributed by atoms with Crippen LogP contribution in [0.2, 0.25) is 0 Å². The number of nitro groups is 1. The fraction of sp³-hybridized carbons (Fsp3) is 0.192. The van der Waals surface area contributed by atoms with Crippen LogP contribution in [-0.2, 0) is 9.59 Å². The van der Waals surface area contributed by atoms with Crippen LogP contribution in [0.1, 0.15) is 42.9 Å². The maximum Gasteiger partial charge on any atom is 0.269 e. The Kier molecular flexibility index (Phi) is 5.74. The van der Waals surface area contributed by atoms with Gasteiger partial charge in [-0.1, -0.05) is 18.2 Å². The first kappa shape index (κ1) is 22.3. The van der Waals surface area contributed by atoms with E-state index in [9.17, 15) is 19.7 Å². The summed E-state index contributed by atoms with van der Waals surface area (Å²) < 4.78 is 5.55.